The fraction of sp³-hybridized carbons (Fsp3) is 0.357. The van der Waals surface area contributed by atoms with Crippen molar-refractivity contribution < 1.29 is 22.4 Å². The van der Waals surface area contributed by atoms with Crippen molar-refractivity contribution >= 4 is 23.2 Å². The minimum Gasteiger partial charge on any atom is -0.354 e. The average molecular weight is 554 g/mol. The molecule has 0 radical (unpaired) electrons. The number of likely N-dealkylation sites (N-methyl/N-ethyl adjacent to an activating group) is 1. The molecule has 3 aromatic heterocycles. The van der Waals surface area contributed by atoms with Crippen LogP contribution in [0, 0.1) is 5.82 Å². The van der Waals surface area contributed by atoms with Gasteiger partial charge in [0.05, 0.1) is 24.0 Å². The van der Waals surface area contributed by atoms with Gasteiger partial charge in [0.25, 0.3) is 0 Å². The van der Waals surface area contributed by atoms with E-state index in [1.807, 2.05) is 35.2 Å². The zero-order valence-corrected chi connectivity index (χ0v) is 21.7. The van der Waals surface area contributed by atoms with Gasteiger partial charge in [-0.1, -0.05) is 18.2 Å². The van der Waals surface area contributed by atoms with Gasteiger partial charge in [0.1, 0.15) is 23.1 Å². The first-order valence-electron chi connectivity index (χ1n) is 13.1. The normalized spacial score (nSPS) is 19.5. The number of hydrogen-bond donors (Lipinski definition) is 0. The van der Waals surface area contributed by atoms with Crippen molar-refractivity contribution in [2.24, 2.45) is 0 Å². The van der Waals surface area contributed by atoms with Crippen LogP contribution in [0.3, 0.4) is 0 Å². The molecule has 0 spiro atoms. The van der Waals surface area contributed by atoms with E-state index in [0.29, 0.717) is 35.8 Å². The Hall–Kier alpha value is -4.22. The number of nitrogens with zero attached hydrogens (tertiary/aromatic N) is 7. The van der Waals surface area contributed by atoms with Crippen LogP contribution >= 0.6 is 0 Å². The Morgan fingerprint density at radius 3 is 2.65 bits per heavy atom. The standard InChI is InChI=1S/C28H27F4N7O/c1-36(27(40)28(30,31)32)20-12-14-37(17-20)25-9-3-7-21(34-25)23-16-33-24-10-11-26(35-39(23)24)38-13-4-8-22(38)18-5-2-6-19(29)15-18/h2-3,5-7,9-11,15-16,20,22H,4,8,12-14,17H2,1H3/t20-,22-/m1/s1. The topological polar surface area (TPSA) is 69.9 Å². The van der Waals surface area contributed by atoms with E-state index in [4.69, 9.17) is 10.1 Å². The summed E-state index contributed by atoms with van der Waals surface area (Å²) in [6.07, 6.45) is -0.949. The number of fused-ring (bicyclic) bond motifs is 1. The lowest BCUT2D eigenvalue weighted by Crippen LogP contribution is -2.45. The van der Waals surface area contributed by atoms with Crippen molar-refractivity contribution in [3.05, 3.63) is 72.2 Å². The van der Waals surface area contributed by atoms with Gasteiger partial charge in [0.2, 0.25) is 0 Å². The molecule has 2 aliphatic rings. The number of pyridine rings is 1. The fourth-order valence-electron chi connectivity index (χ4n) is 5.67. The zero-order chi connectivity index (χ0) is 28.0. The van der Waals surface area contributed by atoms with Gasteiger partial charge >= 0.3 is 12.1 Å². The minimum absolute atomic E-state index is 0.0135. The van der Waals surface area contributed by atoms with Crippen LogP contribution in [0.4, 0.5) is 29.2 Å². The van der Waals surface area contributed by atoms with E-state index in [1.54, 1.807) is 28.9 Å². The molecule has 1 amide bonds. The van der Waals surface area contributed by atoms with Crippen molar-refractivity contribution in [1.82, 2.24) is 24.5 Å². The number of benzene rings is 1. The molecule has 0 unspecified atom stereocenters. The smallest absolute Gasteiger partial charge is 0.354 e. The number of carbonyl (C=O) groups is 1. The molecule has 0 N–H and O–H groups in total. The molecule has 0 aliphatic carbocycles. The Kier molecular flexibility index (Phi) is 6.55. The van der Waals surface area contributed by atoms with Gasteiger partial charge in [0.15, 0.2) is 5.65 Å². The number of anilines is 2. The van der Waals surface area contributed by atoms with Gasteiger partial charge in [-0.25, -0.2) is 18.9 Å². The van der Waals surface area contributed by atoms with Crippen LogP contribution in [-0.4, -0.2) is 69.3 Å². The third-order valence-corrected chi connectivity index (χ3v) is 7.72. The molecule has 12 heteroatoms. The Bertz CT molecular complexity index is 1560. The summed E-state index contributed by atoms with van der Waals surface area (Å²) in [5.74, 6) is -0.760. The molecule has 40 heavy (non-hydrogen) atoms. The van der Waals surface area contributed by atoms with E-state index >= 15 is 0 Å². The first kappa shape index (κ1) is 26.0. The first-order chi connectivity index (χ1) is 19.2. The molecule has 208 valence electrons. The molecule has 1 aromatic carbocycles. The molecule has 2 fully saturated rings. The highest BCUT2D eigenvalue weighted by Crippen LogP contribution is 2.36. The lowest BCUT2D eigenvalue weighted by atomic mass is 10.0. The zero-order valence-electron chi connectivity index (χ0n) is 21.7. The number of aromatic nitrogens is 4. The second-order valence-electron chi connectivity index (χ2n) is 10.2. The first-order valence-corrected chi connectivity index (χ1v) is 13.1. The van der Waals surface area contributed by atoms with Crippen LogP contribution < -0.4 is 9.80 Å². The molecule has 8 nitrogen and oxygen atoms in total. The van der Waals surface area contributed by atoms with Crippen LogP contribution in [-0.2, 0) is 4.79 Å². The predicted molar refractivity (Wildman–Crippen MR) is 141 cm³/mol. The van der Waals surface area contributed by atoms with E-state index in [2.05, 4.69) is 9.88 Å². The van der Waals surface area contributed by atoms with E-state index in [1.165, 1.54) is 13.1 Å². The third-order valence-electron chi connectivity index (χ3n) is 7.72. The maximum atomic E-state index is 13.9. The number of alkyl halides is 3. The molecule has 0 saturated carbocycles. The summed E-state index contributed by atoms with van der Waals surface area (Å²) in [7, 11) is 1.19. The Morgan fingerprint density at radius 2 is 1.85 bits per heavy atom. The van der Waals surface area contributed by atoms with Crippen LogP contribution in [0.2, 0.25) is 0 Å². The molecule has 5 heterocycles. The maximum Gasteiger partial charge on any atom is 0.471 e. The van der Waals surface area contributed by atoms with Gasteiger partial charge in [-0.15, -0.1) is 5.10 Å². The largest absolute Gasteiger partial charge is 0.471 e. The number of halogens is 4. The fourth-order valence-corrected chi connectivity index (χ4v) is 5.67. The molecule has 4 aromatic rings. The minimum atomic E-state index is -4.90. The van der Waals surface area contributed by atoms with Crippen LogP contribution in [0.25, 0.3) is 17.0 Å². The van der Waals surface area contributed by atoms with E-state index in [0.717, 1.165) is 35.7 Å². The molecule has 6 rings (SSSR count). The van der Waals surface area contributed by atoms with Crippen LogP contribution in [0.15, 0.2) is 60.8 Å². The summed E-state index contributed by atoms with van der Waals surface area (Å²) in [6, 6.07) is 15.4. The van der Waals surface area contributed by atoms with Gasteiger partial charge in [-0.2, -0.15) is 13.2 Å². The van der Waals surface area contributed by atoms with Crippen LogP contribution in [0.1, 0.15) is 30.9 Å². The SMILES string of the molecule is CN(C(=O)C(F)(F)F)[C@@H]1CCN(c2cccc(-c3cnc4ccc(N5CCC[C@@H]5c5cccc(F)c5)nn34)n2)C1. The van der Waals surface area contributed by atoms with E-state index < -0.39 is 18.1 Å². The highest BCUT2D eigenvalue weighted by molar-refractivity contribution is 5.82. The quantitative estimate of drug-likeness (QED) is 0.329. The highest BCUT2D eigenvalue weighted by atomic mass is 19.4. The Morgan fingerprint density at radius 1 is 1.02 bits per heavy atom. The van der Waals surface area contributed by atoms with Gasteiger partial charge in [-0.3, -0.25) is 4.79 Å². The number of rotatable bonds is 5. The molecular formula is C28H27F4N7O. The van der Waals surface area contributed by atoms with Crippen molar-refractivity contribution in [3.8, 4) is 11.4 Å². The summed E-state index contributed by atoms with van der Waals surface area (Å²) < 4.78 is 54.4. The summed E-state index contributed by atoms with van der Waals surface area (Å²) in [4.78, 5) is 25.8. The summed E-state index contributed by atoms with van der Waals surface area (Å²) >= 11 is 0. The second kappa shape index (κ2) is 10.1. The number of carbonyl (C=O) groups excluding carboxylic acids is 1. The predicted octanol–water partition coefficient (Wildman–Crippen LogP) is 4.87. The van der Waals surface area contributed by atoms with E-state index in [9.17, 15) is 22.4 Å². The Balaban J connectivity index is 1.26. The second-order valence-corrected chi connectivity index (χ2v) is 10.2. The molecule has 2 aliphatic heterocycles. The summed E-state index contributed by atoms with van der Waals surface area (Å²) in [5.41, 5.74) is 2.83. The lowest BCUT2D eigenvalue weighted by Gasteiger charge is -2.26. The maximum absolute atomic E-state index is 13.9. The summed E-state index contributed by atoms with van der Waals surface area (Å²) in [6.45, 7) is 1.52. The number of amides is 1. The Labute approximate surface area is 227 Å². The van der Waals surface area contributed by atoms with E-state index in [-0.39, 0.29) is 18.4 Å². The molecule has 2 atom stereocenters. The van der Waals surface area contributed by atoms with Crippen molar-refractivity contribution in [2.75, 3.05) is 36.5 Å². The third kappa shape index (κ3) is 4.82. The highest BCUT2D eigenvalue weighted by Gasteiger charge is 2.44. The number of hydrogen-bond acceptors (Lipinski definition) is 6. The van der Waals surface area contributed by atoms with Crippen LogP contribution in [0.5, 0.6) is 0 Å². The van der Waals surface area contributed by atoms with Gasteiger partial charge in [0, 0.05) is 26.7 Å². The molecular weight excluding hydrogens is 526 g/mol. The average Bonchev–Trinajstić information content (AvgIpc) is 3.71. The van der Waals surface area contributed by atoms with Crippen molar-refractivity contribution in [2.45, 2.75) is 37.5 Å². The lowest BCUT2D eigenvalue weighted by molar-refractivity contribution is -0.185. The van der Waals surface area contributed by atoms with Crippen molar-refractivity contribution in [1.29, 1.82) is 0 Å². The van der Waals surface area contributed by atoms with Crippen molar-refractivity contribution in [3.63, 3.8) is 0 Å². The monoisotopic (exact) mass is 553 g/mol. The molecule has 2 saturated heterocycles. The molecule has 0 bridgehead atoms. The summed E-state index contributed by atoms with van der Waals surface area (Å²) in [5, 5.41) is 4.88. The van der Waals surface area contributed by atoms with Gasteiger partial charge in [-0.05, 0) is 61.2 Å². The number of imidazole rings is 1. The van der Waals surface area contributed by atoms with Gasteiger partial charge < -0.3 is 14.7 Å².